The van der Waals surface area contributed by atoms with Gasteiger partial charge in [0, 0.05) is 11.1 Å². The van der Waals surface area contributed by atoms with E-state index in [-0.39, 0.29) is 23.3 Å². The van der Waals surface area contributed by atoms with Crippen LogP contribution in [-0.4, -0.2) is 85.5 Å². The summed E-state index contributed by atoms with van der Waals surface area (Å²) in [6, 6.07) is 4.53. The first kappa shape index (κ1) is 31.1. The molecule has 0 aromatic heterocycles. The lowest BCUT2D eigenvalue weighted by Crippen LogP contribution is -2.42. The van der Waals surface area contributed by atoms with Crippen LogP contribution in [-0.2, 0) is 14.4 Å². The number of rotatable bonds is 13. The summed E-state index contributed by atoms with van der Waals surface area (Å²) >= 11 is 5.85. The van der Waals surface area contributed by atoms with Crippen molar-refractivity contribution >= 4 is 35.4 Å². The summed E-state index contributed by atoms with van der Waals surface area (Å²) < 4.78 is 0. The quantitative estimate of drug-likeness (QED) is 0.232. The molecule has 0 saturated heterocycles. The molecule has 1 atom stereocenters. The maximum absolute atomic E-state index is 12.1. The number of carboxylic acid groups (broad SMARTS) is 3. The third kappa shape index (κ3) is 11.8. The number of phenolic OH excluding ortho intramolecular Hbond substituents is 1. The van der Waals surface area contributed by atoms with Gasteiger partial charge in [-0.1, -0.05) is 25.4 Å². The molecule has 0 saturated carbocycles. The minimum absolute atomic E-state index is 0.0489. The van der Waals surface area contributed by atoms with Crippen LogP contribution in [0.5, 0.6) is 5.75 Å². The average molecular weight is 505 g/mol. The number of hydrogen-bond donors (Lipinski definition) is 6. The van der Waals surface area contributed by atoms with Crippen molar-refractivity contribution in [3.63, 3.8) is 0 Å². The smallest absolute Gasteiger partial charge is 0.336 e. The topological polar surface area (TPSA) is 185 Å². The summed E-state index contributed by atoms with van der Waals surface area (Å²) in [7, 11) is 0. The number of hydrogen-bond acceptors (Lipinski definition) is 7. The number of halogens is 1. The Morgan fingerprint density at radius 1 is 1.06 bits per heavy atom. The third-order valence-electron chi connectivity index (χ3n) is 4.87. The van der Waals surface area contributed by atoms with Gasteiger partial charge in [-0.05, 0) is 57.6 Å². The second kappa shape index (κ2) is 15.1. The average Bonchev–Trinajstić information content (AvgIpc) is 2.72. The van der Waals surface area contributed by atoms with Gasteiger partial charge in [0.1, 0.15) is 5.75 Å². The third-order valence-corrected chi connectivity index (χ3v) is 5.11. The molecule has 34 heavy (non-hydrogen) atoms. The Labute approximate surface area is 203 Å². The molecule has 0 aliphatic rings. The van der Waals surface area contributed by atoms with E-state index in [1.807, 2.05) is 6.92 Å². The van der Waals surface area contributed by atoms with Crippen LogP contribution >= 0.6 is 11.6 Å². The number of carbonyl (C=O) groups excluding carboxylic acids is 1. The molecule has 0 fully saturated rings. The van der Waals surface area contributed by atoms with Gasteiger partial charge < -0.3 is 35.7 Å². The molecule has 1 aromatic rings. The summed E-state index contributed by atoms with van der Waals surface area (Å²) in [5.74, 6) is -5.35. The number of carboxylic acids is 3. The molecule has 11 nitrogen and oxygen atoms in total. The van der Waals surface area contributed by atoms with Crippen molar-refractivity contribution < 1.29 is 44.7 Å². The van der Waals surface area contributed by atoms with Crippen molar-refractivity contribution in [1.29, 1.82) is 0 Å². The lowest BCUT2D eigenvalue weighted by Gasteiger charge is -2.20. The zero-order valence-electron chi connectivity index (χ0n) is 19.5. The summed E-state index contributed by atoms with van der Waals surface area (Å²) in [5, 5.41) is 46.9. The highest BCUT2D eigenvalue weighted by atomic mass is 35.5. The Bertz CT molecular complexity index is 828. The molecule has 1 aromatic carbocycles. The van der Waals surface area contributed by atoms with Gasteiger partial charge in [-0.15, -0.1) is 0 Å². The van der Waals surface area contributed by atoms with E-state index in [9.17, 15) is 24.3 Å². The van der Waals surface area contributed by atoms with E-state index in [0.717, 1.165) is 32.5 Å². The fraction of sp³-hybridized carbons (Fsp3) is 0.545. The van der Waals surface area contributed by atoms with Crippen LogP contribution in [0.15, 0.2) is 18.2 Å². The van der Waals surface area contributed by atoms with E-state index in [0.29, 0.717) is 5.02 Å². The maximum atomic E-state index is 12.1. The number of aliphatic carboxylic acids is 3. The van der Waals surface area contributed by atoms with Crippen LogP contribution in [0.1, 0.15) is 56.8 Å². The number of aromatic hydroxyl groups is 1. The Hall–Kier alpha value is -2.89. The van der Waals surface area contributed by atoms with Crippen LogP contribution < -0.4 is 5.32 Å². The van der Waals surface area contributed by atoms with Gasteiger partial charge in [0.15, 0.2) is 5.60 Å². The molecule has 1 unspecified atom stereocenters. The minimum atomic E-state index is -2.74. The van der Waals surface area contributed by atoms with Crippen LogP contribution in [0.3, 0.4) is 0 Å². The number of carbonyl (C=O) groups is 4. The van der Waals surface area contributed by atoms with E-state index >= 15 is 0 Å². The number of amides is 1. The molecular weight excluding hydrogens is 472 g/mol. The van der Waals surface area contributed by atoms with E-state index in [1.54, 1.807) is 6.07 Å². The molecule has 192 valence electrons. The van der Waals surface area contributed by atoms with Gasteiger partial charge in [-0.3, -0.25) is 14.4 Å². The van der Waals surface area contributed by atoms with Crippen LogP contribution in [0.25, 0.3) is 0 Å². The molecule has 0 heterocycles. The van der Waals surface area contributed by atoms with Crippen LogP contribution in [0, 0.1) is 0 Å². The molecule has 0 bridgehead atoms. The number of phenols is 1. The van der Waals surface area contributed by atoms with Crippen molar-refractivity contribution in [2.45, 2.75) is 58.1 Å². The Morgan fingerprint density at radius 2 is 1.59 bits per heavy atom. The zero-order chi connectivity index (χ0) is 26.5. The summed E-state index contributed by atoms with van der Waals surface area (Å²) in [4.78, 5) is 44.9. The molecule has 0 spiro atoms. The Balaban J connectivity index is 0.000000722. The van der Waals surface area contributed by atoms with E-state index in [1.165, 1.54) is 12.1 Å². The van der Waals surface area contributed by atoms with E-state index < -0.39 is 36.4 Å². The monoisotopic (exact) mass is 504 g/mol. The van der Waals surface area contributed by atoms with Crippen molar-refractivity contribution in [1.82, 2.24) is 10.2 Å². The molecule has 0 aliphatic heterocycles. The number of nitrogens with zero attached hydrogens (tertiary/aromatic N) is 1. The van der Waals surface area contributed by atoms with Crippen molar-refractivity contribution in [3.8, 4) is 5.75 Å². The first-order chi connectivity index (χ1) is 15.7. The Kier molecular flexibility index (Phi) is 13.8. The molecule has 12 heteroatoms. The highest BCUT2D eigenvalue weighted by molar-refractivity contribution is 6.31. The van der Waals surface area contributed by atoms with E-state index in [2.05, 4.69) is 24.1 Å². The lowest BCUT2D eigenvalue weighted by molar-refractivity contribution is -0.170. The summed E-state index contributed by atoms with van der Waals surface area (Å²) in [6.07, 6.45) is -0.350. The second-order valence-electron chi connectivity index (χ2n) is 7.68. The Morgan fingerprint density at radius 3 is 2.03 bits per heavy atom. The number of benzene rings is 1. The van der Waals surface area contributed by atoms with Gasteiger partial charge in [0.25, 0.3) is 5.91 Å². The normalized spacial score (nSPS) is 11.8. The fourth-order valence-corrected chi connectivity index (χ4v) is 3.11. The first-order valence-corrected chi connectivity index (χ1v) is 11.0. The highest BCUT2D eigenvalue weighted by Crippen LogP contribution is 2.21. The SMILES string of the molecule is CCN(CC)CCCC(C)NC(=O)c1cc(Cl)ccc1O.O=C(O)CC(O)(CC(=O)O)C(=O)O. The van der Waals surface area contributed by atoms with Gasteiger partial charge in [-0.2, -0.15) is 0 Å². The van der Waals surface area contributed by atoms with Crippen molar-refractivity contribution in [2.75, 3.05) is 19.6 Å². The molecule has 6 N–H and O–H groups in total. The van der Waals surface area contributed by atoms with Gasteiger partial charge in [-0.25, -0.2) is 4.79 Å². The van der Waals surface area contributed by atoms with Crippen LogP contribution in [0.4, 0.5) is 0 Å². The predicted molar refractivity (Wildman–Crippen MR) is 124 cm³/mol. The van der Waals surface area contributed by atoms with E-state index in [4.69, 9.17) is 32.0 Å². The van der Waals surface area contributed by atoms with Crippen molar-refractivity contribution in [2.24, 2.45) is 0 Å². The summed E-state index contributed by atoms with van der Waals surface area (Å²) in [6.45, 7) is 9.41. The first-order valence-electron chi connectivity index (χ1n) is 10.7. The predicted octanol–water partition coefficient (Wildman–Crippen LogP) is 2.04. The molecule has 1 amide bonds. The summed E-state index contributed by atoms with van der Waals surface area (Å²) in [5.41, 5.74) is -2.52. The minimum Gasteiger partial charge on any atom is -0.507 e. The van der Waals surface area contributed by atoms with Gasteiger partial charge in [0.2, 0.25) is 0 Å². The second-order valence-corrected chi connectivity index (χ2v) is 8.12. The lowest BCUT2D eigenvalue weighted by atomic mass is 9.96. The van der Waals surface area contributed by atoms with Crippen molar-refractivity contribution in [3.05, 3.63) is 28.8 Å². The molecular formula is C22H33ClN2O9. The molecule has 1 rings (SSSR count). The largest absolute Gasteiger partial charge is 0.507 e. The number of nitrogens with one attached hydrogen (secondary N) is 1. The molecule has 0 aliphatic carbocycles. The standard InChI is InChI=1S/C16H25ClN2O2.C6H8O7/c1-4-19(5-2)10-6-7-12(3)18-16(21)14-11-13(17)8-9-15(14)20;7-3(8)1-6(13,5(11)12)2-4(9)10/h8-9,11-12,20H,4-7,10H2,1-3H3,(H,18,21);13H,1-2H2,(H,7,8)(H,9,10)(H,11,12). The van der Waals surface area contributed by atoms with Gasteiger partial charge >= 0.3 is 17.9 Å². The fourth-order valence-electron chi connectivity index (χ4n) is 2.94. The van der Waals surface area contributed by atoms with Gasteiger partial charge in [0.05, 0.1) is 18.4 Å². The van der Waals surface area contributed by atoms with Crippen LogP contribution in [0.2, 0.25) is 5.02 Å². The zero-order valence-corrected chi connectivity index (χ0v) is 20.2. The molecule has 0 radical (unpaired) electrons. The highest BCUT2D eigenvalue weighted by Gasteiger charge is 2.40. The maximum Gasteiger partial charge on any atom is 0.336 e. The number of aliphatic hydroxyl groups is 1.